The minimum Gasteiger partial charge on any atom is -0.397 e. The van der Waals surface area contributed by atoms with E-state index in [1.54, 1.807) is 0 Å². The van der Waals surface area contributed by atoms with E-state index in [1.165, 1.54) is 0 Å². The van der Waals surface area contributed by atoms with Gasteiger partial charge in [-0.25, -0.2) is 22.0 Å². The number of aliphatic hydroxyl groups is 3. The maximum atomic E-state index is 13.7. The number of thioether (sulfide) groups is 1. The lowest BCUT2D eigenvalue weighted by molar-refractivity contribution is -0.164. The zero-order valence-electron chi connectivity index (χ0n) is 16.9. The van der Waals surface area contributed by atoms with E-state index in [4.69, 9.17) is 10.5 Å². The van der Waals surface area contributed by atoms with Crippen LogP contribution in [0.4, 0.5) is 22.0 Å². The van der Waals surface area contributed by atoms with Gasteiger partial charge in [0.2, 0.25) is 5.92 Å². The van der Waals surface area contributed by atoms with Gasteiger partial charge in [0, 0.05) is 29.9 Å². The van der Waals surface area contributed by atoms with E-state index in [1.807, 2.05) is 0 Å². The number of aliphatic hydroxyl groups excluding tert-OH is 3. The van der Waals surface area contributed by atoms with Crippen molar-refractivity contribution >= 4 is 17.5 Å². The van der Waals surface area contributed by atoms with Crippen LogP contribution in [0.3, 0.4) is 0 Å². The Kier molecular flexibility index (Phi) is 7.92. The summed E-state index contributed by atoms with van der Waals surface area (Å²) in [6, 6.07) is 0.221. The molecule has 6 unspecified atom stereocenters. The van der Waals surface area contributed by atoms with E-state index in [0.29, 0.717) is 25.0 Å². The molecule has 0 aromatic heterocycles. The highest BCUT2D eigenvalue weighted by molar-refractivity contribution is 8.00. The molecule has 2 fully saturated rings. The number of ether oxygens (including phenoxy) is 1. The lowest BCUT2D eigenvalue weighted by atomic mass is 9.96. The van der Waals surface area contributed by atoms with Gasteiger partial charge in [0.05, 0.1) is 18.3 Å². The number of hydrogen-bond acceptors (Lipinski definition) is 7. The maximum absolute atomic E-state index is 13.7. The van der Waals surface area contributed by atoms with Gasteiger partial charge in [0.25, 0.3) is 0 Å². The van der Waals surface area contributed by atoms with Crippen molar-refractivity contribution in [2.45, 2.75) is 66.6 Å². The molecule has 1 aliphatic carbocycles. The van der Waals surface area contributed by atoms with Crippen LogP contribution in [0, 0.1) is 17.5 Å². The maximum Gasteiger partial charge on any atom is 0.249 e. The van der Waals surface area contributed by atoms with Crippen molar-refractivity contribution < 1.29 is 42.0 Å². The highest BCUT2D eigenvalue weighted by Gasteiger charge is 2.46. The fraction of sp³-hybridized carbons (Fsp3) is 0.600. The van der Waals surface area contributed by atoms with E-state index >= 15 is 0 Å². The van der Waals surface area contributed by atoms with Crippen LogP contribution in [-0.2, 0) is 4.74 Å². The second kappa shape index (κ2) is 10.1. The van der Waals surface area contributed by atoms with Crippen LogP contribution in [0.2, 0.25) is 0 Å². The van der Waals surface area contributed by atoms with E-state index in [0.717, 1.165) is 18.0 Å². The van der Waals surface area contributed by atoms with E-state index in [2.05, 4.69) is 5.32 Å². The zero-order valence-corrected chi connectivity index (χ0v) is 17.7. The van der Waals surface area contributed by atoms with E-state index in [9.17, 15) is 37.3 Å². The third-order valence-corrected chi connectivity index (χ3v) is 7.00. The Morgan fingerprint density at radius 3 is 2.47 bits per heavy atom. The summed E-state index contributed by atoms with van der Waals surface area (Å²) in [5.41, 5.74) is 4.36. The first kappa shape index (κ1) is 25.0. The van der Waals surface area contributed by atoms with Crippen LogP contribution >= 0.6 is 11.8 Å². The van der Waals surface area contributed by atoms with Gasteiger partial charge in [-0.2, -0.15) is 0 Å². The highest BCUT2D eigenvalue weighted by atomic mass is 32.2. The molecule has 0 radical (unpaired) electrons. The number of alkyl halides is 2. The fourth-order valence-electron chi connectivity index (χ4n) is 3.82. The number of benzene rings is 1. The minimum absolute atomic E-state index is 0.181. The SMILES string of the molecule is N/C(=C\NC1C(O)C(CO)OC(SC2CCCC(F)(F)C2)C1O)c1cc(F)c(F)c(F)c1. The molecule has 2 aliphatic rings. The second-order valence-corrected chi connectivity index (χ2v) is 9.37. The molecule has 6 N–H and O–H groups in total. The molecule has 12 heteroatoms. The first-order chi connectivity index (χ1) is 15.0. The number of rotatable bonds is 6. The third-order valence-electron chi connectivity index (χ3n) is 5.55. The Hall–Kier alpha value is -1.60. The van der Waals surface area contributed by atoms with Crippen LogP contribution in [0.25, 0.3) is 5.70 Å². The van der Waals surface area contributed by atoms with Crippen LogP contribution < -0.4 is 11.1 Å². The summed E-state index contributed by atoms with van der Waals surface area (Å²) in [5, 5.41) is 32.8. The summed E-state index contributed by atoms with van der Waals surface area (Å²) in [7, 11) is 0. The smallest absolute Gasteiger partial charge is 0.249 e. The second-order valence-electron chi connectivity index (χ2n) is 7.96. The van der Waals surface area contributed by atoms with Gasteiger partial charge in [-0.1, -0.05) is 0 Å². The average molecular weight is 484 g/mol. The molecular weight excluding hydrogens is 459 g/mol. The molecule has 0 spiro atoms. The van der Waals surface area contributed by atoms with E-state index < -0.39 is 65.0 Å². The van der Waals surface area contributed by atoms with Crippen molar-refractivity contribution in [1.29, 1.82) is 0 Å². The predicted molar refractivity (Wildman–Crippen MR) is 108 cm³/mol. The van der Waals surface area contributed by atoms with Crippen molar-refractivity contribution in [2.24, 2.45) is 5.73 Å². The van der Waals surface area contributed by atoms with Crippen molar-refractivity contribution in [3.8, 4) is 0 Å². The Morgan fingerprint density at radius 1 is 1.22 bits per heavy atom. The standard InChI is InChI=1S/C20H25F5N2O4S/c21-11-4-9(5-12(22)15(11)23)13(26)7-27-16-17(29)14(8-28)31-19(18(16)30)32-10-2-1-3-20(24,25)6-10/h4-5,7,10,14,16-19,27-30H,1-3,6,8,26H2/b13-7-. The van der Waals surface area contributed by atoms with Gasteiger partial charge < -0.3 is 31.1 Å². The molecule has 1 aromatic carbocycles. The molecule has 1 saturated carbocycles. The molecule has 3 rings (SSSR count). The van der Waals surface area contributed by atoms with Gasteiger partial charge >= 0.3 is 0 Å². The van der Waals surface area contributed by atoms with Gasteiger partial charge in [-0.05, 0) is 25.0 Å². The quantitative estimate of drug-likeness (QED) is 0.311. The molecule has 32 heavy (non-hydrogen) atoms. The van der Waals surface area contributed by atoms with Crippen LogP contribution in [0.5, 0.6) is 0 Å². The predicted octanol–water partition coefficient (Wildman–Crippen LogP) is 2.07. The average Bonchev–Trinajstić information content (AvgIpc) is 2.72. The molecule has 1 heterocycles. The molecule has 1 aliphatic heterocycles. The topological polar surface area (TPSA) is 108 Å². The summed E-state index contributed by atoms with van der Waals surface area (Å²) in [6.07, 6.45) is -2.59. The first-order valence-electron chi connectivity index (χ1n) is 10.0. The highest BCUT2D eigenvalue weighted by Crippen LogP contribution is 2.42. The van der Waals surface area contributed by atoms with Crippen molar-refractivity contribution in [2.75, 3.05) is 6.61 Å². The van der Waals surface area contributed by atoms with Gasteiger partial charge in [0.1, 0.15) is 23.7 Å². The molecule has 6 nitrogen and oxygen atoms in total. The summed E-state index contributed by atoms with van der Waals surface area (Å²) >= 11 is 1.01. The first-order valence-corrected chi connectivity index (χ1v) is 11.0. The summed E-state index contributed by atoms with van der Waals surface area (Å²) in [4.78, 5) is 0. The van der Waals surface area contributed by atoms with Gasteiger partial charge in [0.15, 0.2) is 17.5 Å². The van der Waals surface area contributed by atoms with Crippen LogP contribution in [0.1, 0.15) is 31.2 Å². The number of hydrogen-bond donors (Lipinski definition) is 5. The van der Waals surface area contributed by atoms with Crippen molar-refractivity contribution in [3.63, 3.8) is 0 Å². The molecule has 1 aromatic rings. The Bertz CT molecular complexity index is 823. The minimum atomic E-state index is -2.81. The van der Waals surface area contributed by atoms with E-state index in [-0.39, 0.29) is 24.1 Å². The van der Waals surface area contributed by atoms with Gasteiger partial charge in [-0.15, -0.1) is 11.8 Å². The molecule has 0 amide bonds. The van der Waals surface area contributed by atoms with Crippen LogP contribution in [-0.4, -0.2) is 62.9 Å². The Labute approximate surface area is 185 Å². The normalized spacial score (nSPS) is 33.2. The zero-order chi connectivity index (χ0) is 23.6. The molecule has 180 valence electrons. The number of halogens is 5. The molecule has 6 atom stereocenters. The van der Waals surface area contributed by atoms with Gasteiger partial charge in [-0.3, -0.25) is 0 Å². The monoisotopic (exact) mass is 484 g/mol. The lowest BCUT2D eigenvalue weighted by Gasteiger charge is -2.43. The Morgan fingerprint density at radius 2 is 1.88 bits per heavy atom. The number of nitrogens with two attached hydrogens (primary N) is 1. The lowest BCUT2D eigenvalue weighted by Crippen LogP contribution is -2.62. The molecule has 1 saturated heterocycles. The summed E-state index contributed by atoms with van der Waals surface area (Å²) in [5.74, 6) is -7.34. The largest absolute Gasteiger partial charge is 0.397 e. The molecular formula is C20H25F5N2O4S. The van der Waals surface area contributed by atoms with Crippen molar-refractivity contribution in [1.82, 2.24) is 5.32 Å². The summed E-state index contributed by atoms with van der Waals surface area (Å²) in [6.45, 7) is -0.600. The third kappa shape index (κ3) is 5.66. The molecule has 0 bridgehead atoms. The van der Waals surface area contributed by atoms with Crippen LogP contribution in [0.15, 0.2) is 18.3 Å². The number of nitrogens with one attached hydrogen (secondary N) is 1. The van der Waals surface area contributed by atoms with Crippen molar-refractivity contribution in [3.05, 3.63) is 41.3 Å². The fourth-order valence-corrected chi connectivity index (χ4v) is 5.38. The Balaban J connectivity index is 1.74. The summed E-state index contributed by atoms with van der Waals surface area (Å²) < 4.78 is 73.0.